The number of methoxy groups -OCH3 is 1. The van der Waals surface area contributed by atoms with Crippen LogP contribution in [0.3, 0.4) is 0 Å². The van der Waals surface area contributed by atoms with E-state index in [1.54, 1.807) is 7.11 Å². The summed E-state index contributed by atoms with van der Waals surface area (Å²) in [5.41, 5.74) is 2.05. The molecular weight excluding hydrogens is 230 g/mol. The van der Waals surface area contributed by atoms with E-state index in [9.17, 15) is 10.1 Å². The van der Waals surface area contributed by atoms with Crippen LogP contribution in [0.15, 0.2) is 18.2 Å². The summed E-state index contributed by atoms with van der Waals surface area (Å²) in [7, 11) is 1.58. The molecule has 18 heavy (non-hydrogen) atoms. The molecule has 94 valence electrons. The van der Waals surface area contributed by atoms with Crippen molar-refractivity contribution >= 4 is 5.97 Å². The predicted octanol–water partition coefficient (Wildman–Crippen LogP) is 2.34. The van der Waals surface area contributed by atoms with Gasteiger partial charge in [0.05, 0.1) is 19.1 Å². The number of carboxylic acid groups (broad SMARTS) is 1. The summed E-state index contributed by atoms with van der Waals surface area (Å²) in [6.45, 7) is 0. The molecule has 1 aliphatic carbocycles. The predicted molar refractivity (Wildman–Crippen MR) is 65.4 cm³/mol. The summed E-state index contributed by atoms with van der Waals surface area (Å²) in [6, 6.07) is 7.95. The van der Waals surface area contributed by atoms with E-state index in [1.807, 2.05) is 18.2 Å². The molecule has 0 aliphatic heterocycles. The van der Waals surface area contributed by atoms with Gasteiger partial charge in [0.15, 0.2) is 0 Å². The number of benzene rings is 1. The van der Waals surface area contributed by atoms with Gasteiger partial charge < -0.3 is 9.84 Å². The van der Waals surface area contributed by atoms with Gasteiger partial charge in [-0.3, -0.25) is 4.79 Å². The van der Waals surface area contributed by atoms with Crippen LogP contribution in [0.2, 0.25) is 0 Å². The number of ether oxygens (including phenoxy) is 1. The smallest absolute Gasteiger partial charge is 0.303 e. The molecule has 1 aliphatic rings. The Bertz CT molecular complexity index is 504. The van der Waals surface area contributed by atoms with Gasteiger partial charge >= 0.3 is 5.97 Å². The molecule has 2 atom stereocenters. The lowest BCUT2D eigenvalue weighted by atomic mass is 9.74. The molecule has 0 bridgehead atoms. The fraction of sp³-hybridized carbons (Fsp3) is 0.429. The lowest BCUT2D eigenvalue weighted by Crippen LogP contribution is -2.22. The quantitative estimate of drug-likeness (QED) is 0.887. The van der Waals surface area contributed by atoms with Crippen molar-refractivity contribution in [2.45, 2.75) is 25.2 Å². The highest BCUT2D eigenvalue weighted by Crippen LogP contribution is 2.39. The van der Waals surface area contributed by atoms with Gasteiger partial charge in [-0.05, 0) is 42.0 Å². The Kier molecular flexibility index (Phi) is 3.52. The first kappa shape index (κ1) is 12.4. The average molecular weight is 245 g/mol. The van der Waals surface area contributed by atoms with Crippen molar-refractivity contribution in [3.05, 3.63) is 29.3 Å². The van der Waals surface area contributed by atoms with Crippen LogP contribution >= 0.6 is 0 Å². The number of aliphatic carboxylic acids is 1. The number of fused-ring (bicyclic) bond motifs is 1. The third-order valence-electron chi connectivity index (χ3n) is 3.52. The highest BCUT2D eigenvalue weighted by Gasteiger charge is 2.31. The molecule has 4 nitrogen and oxygen atoms in total. The molecule has 0 spiro atoms. The van der Waals surface area contributed by atoms with Gasteiger partial charge in [-0.1, -0.05) is 6.07 Å². The van der Waals surface area contributed by atoms with Gasteiger partial charge in [-0.25, -0.2) is 0 Å². The van der Waals surface area contributed by atoms with E-state index in [4.69, 9.17) is 9.84 Å². The molecule has 0 fully saturated rings. The second-order valence-corrected chi connectivity index (χ2v) is 4.57. The minimum Gasteiger partial charge on any atom is -0.497 e. The zero-order valence-corrected chi connectivity index (χ0v) is 10.2. The molecule has 0 heterocycles. The molecule has 0 saturated carbocycles. The van der Waals surface area contributed by atoms with E-state index in [0.29, 0.717) is 5.75 Å². The lowest BCUT2D eigenvalue weighted by Gasteiger charge is -2.28. The Morgan fingerprint density at radius 3 is 3.00 bits per heavy atom. The number of aryl methyl sites for hydroxylation is 1. The van der Waals surface area contributed by atoms with Crippen LogP contribution in [-0.2, 0) is 11.2 Å². The Morgan fingerprint density at radius 1 is 1.61 bits per heavy atom. The third-order valence-corrected chi connectivity index (χ3v) is 3.52. The number of hydrogen-bond donors (Lipinski definition) is 1. The van der Waals surface area contributed by atoms with E-state index in [1.165, 1.54) is 0 Å². The van der Waals surface area contributed by atoms with Gasteiger partial charge in [0.2, 0.25) is 0 Å². The first-order chi connectivity index (χ1) is 8.65. The van der Waals surface area contributed by atoms with Crippen molar-refractivity contribution in [1.82, 2.24) is 0 Å². The largest absolute Gasteiger partial charge is 0.497 e. The van der Waals surface area contributed by atoms with Gasteiger partial charge in [0.1, 0.15) is 5.75 Å². The maximum absolute atomic E-state index is 10.8. The molecule has 0 saturated heterocycles. The lowest BCUT2D eigenvalue weighted by molar-refractivity contribution is -0.138. The van der Waals surface area contributed by atoms with Gasteiger partial charge in [-0.15, -0.1) is 0 Å². The minimum absolute atomic E-state index is 0.0505. The maximum Gasteiger partial charge on any atom is 0.303 e. The summed E-state index contributed by atoms with van der Waals surface area (Å²) >= 11 is 0. The number of nitrogens with zero attached hydrogens (tertiary/aromatic N) is 1. The molecule has 1 aromatic carbocycles. The number of carboxylic acids is 1. The second-order valence-electron chi connectivity index (χ2n) is 4.57. The number of nitriles is 1. The Hall–Kier alpha value is -2.02. The van der Waals surface area contributed by atoms with Crippen molar-refractivity contribution in [2.75, 3.05) is 7.11 Å². The average Bonchev–Trinajstić information content (AvgIpc) is 2.37. The van der Waals surface area contributed by atoms with Crippen molar-refractivity contribution in [1.29, 1.82) is 5.26 Å². The van der Waals surface area contributed by atoms with Gasteiger partial charge in [0.25, 0.3) is 0 Å². The molecule has 1 aromatic rings. The van der Waals surface area contributed by atoms with Crippen LogP contribution in [0.25, 0.3) is 0 Å². The topological polar surface area (TPSA) is 70.3 Å². The van der Waals surface area contributed by atoms with Gasteiger partial charge in [0, 0.05) is 6.42 Å². The minimum atomic E-state index is -0.841. The zero-order chi connectivity index (χ0) is 13.1. The van der Waals surface area contributed by atoms with E-state index in [-0.39, 0.29) is 18.3 Å². The molecule has 4 heteroatoms. The van der Waals surface area contributed by atoms with Crippen molar-refractivity contribution in [3.63, 3.8) is 0 Å². The van der Waals surface area contributed by atoms with E-state index in [2.05, 4.69) is 6.07 Å². The van der Waals surface area contributed by atoms with E-state index >= 15 is 0 Å². The van der Waals surface area contributed by atoms with Crippen molar-refractivity contribution in [2.24, 2.45) is 5.92 Å². The van der Waals surface area contributed by atoms with Crippen LogP contribution in [0, 0.1) is 17.2 Å². The highest BCUT2D eigenvalue weighted by atomic mass is 16.5. The Morgan fingerprint density at radius 2 is 2.39 bits per heavy atom. The summed E-state index contributed by atoms with van der Waals surface area (Å²) in [5, 5.41) is 18.2. The fourth-order valence-electron chi connectivity index (χ4n) is 2.60. The fourth-order valence-corrected chi connectivity index (χ4v) is 2.60. The van der Waals surface area contributed by atoms with Crippen LogP contribution in [-0.4, -0.2) is 18.2 Å². The summed E-state index contributed by atoms with van der Waals surface area (Å²) in [6.07, 6.45) is 1.63. The standard InChI is InChI=1S/C14H15NO3/c1-18-11-5-4-9-2-3-10(6-14(16)17)13(8-15)12(9)7-11/h4-5,7,10,13H,2-3,6H2,1H3,(H,16,17). The van der Waals surface area contributed by atoms with E-state index < -0.39 is 5.97 Å². The SMILES string of the molecule is COc1ccc2c(c1)C(C#N)C(CC(=O)O)CC2. The first-order valence-corrected chi connectivity index (χ1v) is 5.94. The molecule has 2 rings (SSSR count). The summed E-state index contributed by atoms with van der Waals surface area (Å²) < 4.78 is 5.16. The summed E-state index contributed by atoms with van der Waals surface area (Å²) in [4.78, 5) is 10.8. The highest BCUT2D eigenvalue weighted by molar-refractivity contribution is 5.67. The second kappa shape index (κ2) is 5.09. The third kappa shape index (κ3) is 2.30. The van der Waals surface area contributed by atoms with E-state index in [0.717, 1.165) is 24.0 Å². The Labute approximate surface area is 106 Å². The van der Waals surface area contributed by atoms with Crippen LogP contribution in [0.4, 0.5) is 0 Å². The normalized spacial score (nSPS) is 21.8. The monoisotopic (exact) mass is 245 g/mol. The molecule has 0 aromatic heterocycles. The first-order valence-electron chi connectivity index (χ1n) is 5.94. The molecule has 2 unspecified atom stereocenters. The zero-order valence-electron chi connectivity index (χ0n) is 10.2. The Balaban J connectivity index is 2.35. The molecule has 1 N–H and O–H groups in total. The van der Waals surface area contributed by atoms with Crippen LogP contribution < -0.4 is 4.74 Å². The number of carbonyl (C=O) groups is 1. The number of hydrogen-bond acceptors (Lipinski definition) is 3. The summed E-state index contributed by atoms with van der Waals surface area (Å²) in [5.74, 6) is -0.580. The maximum atomic E-state index is 10.8. The van der Waals surface area contributed by atoms with Gasteiger partial charge in [-0.2, -0.15) is 5.26 Å². The molecule has 0 amide bonds. The molecular formula is C14H15NO3. The van der Waals surface area contributed by atoms with Crippen molar-refractivity contribution in [3.8, 4) is 11.8 Å². The van der Waals surface area contributed by atoms with Crippen molar-refractivity contribution < 1.29 is 14.6 Å². The van der Waals surface area contributed by atoms with Crippen LogP contribution in [0.1, 0.15) is 29.9 Å². The number of rotatable bonds is 3. The van der Waals surface area contributed by atoms with Crippen LogP contribution in [0.5, 0.6) is 5.75 Å². The molecule has 0 radical (unpaired) electrons.